The fourth-order valence-corrected chi connectivity index (χ4v) is 2.17. The van der Waals surface area contributed by atoms with E-state index >= 15 is 0 Å². The molecule has 25 heavy (non-hydrogen) atoms. The number of carbonyl (C=O) groups excluding carboxylic acids is 1. The molecule has 1 amide bonds. The predicted octanol–water partition coefficient (Wildman–Crippen LogP) is 3.00. The third-order valence-corrected chi connectivity index (χ3v) is 3.06. The highest BCUT2D eigenvalue weighted by Crippen LogP contribution is 2.32. The Morgan fingerprint density at radius 2 is 1.80 bits per heavy atom. The standard InChI is InChI=1S/C18H27NO6/c1-6-23-14-10-8-9-12(15(14)24-7-2)11-13(16(20)21)19-17(22)25-18(3,4)5/h8-10,13H,6-7,11H2,1-5H3,(H,19,22)(H,20,21). The number of alkyl carbamates (subject to hydrolysis) is 1. The summed E-state index contributed by atoms with van der Waals surface area (Å²) in [6, 6.07) is 4.12. The van der Waals surface area contributed by atoms with Crippen LogP contribution in [0.15, 0.2) is 18.2 Å². The van der Waals surface area contributed by atoms with Crippen LogP contribution in [0.4, 0.5) is 4.79 Å². The Balaban J connectivity index is 3.00. The van der Waals surface area contributed by atoms with Crippen molar-refractivity contribution in [3.8, 4) is 11.5 Å². The van der Waals surface area contributed by atoms with E-state index < -0.39 is 23.7 Å². The summed E-state index contributed by atoms with van der Waals surface area (Å²) >= 11 is 0. The lowest BCUT2D eigenvalue weighted by atomic mass is 10.0. The number of amides is 1. The van der Waals surface area contributed by atoms with Crippen molar-refractivity contribution in [3.63, 3.8) is 0 Å². The van der Waals surface area contributed by atoms with Crippen molar-refractivity contribution in [2.24, 2.45) is 0 Å². The Kier molecular flexibility index (Phi) is 7.54. The van der Waals surface area contributed by atoms with Crippen molar-refractivity contribution < 1.29 is 28.9 Å². The zero-order valence-corrected chi connectivity index (χ0v) is 15.4. The third kappa shape index (κ3) is 6.91. The highest BCUT2D eigenvalue weighted by Gasteiger charge is 2.26. The first-order valence-electron chi connectivity index (χ1n) is 8.27. The van der Waals surface area contributed by atoms with Crippen LogP contribution >= 0.6 is 0 Å². The number of para-hydroxylation sites is 1. The number of benzene rings is 1. The van der Waals surface area contributed by atoms with E-state index in [4.69, 9.17) is 14.2 Å². The van der Waals surface area contributed by atoms with Crippen molar-refractivity contribution in [2.45, 2.75) is 52.7 Å². The second-order valence-corrected chi connectivity index (χ2v) is 6.35. The first-order valence-corrected chi connectivity index (χ1v) is 8.27. The quantitative estimate of drug-likeness (QED) is 0.746. The summed E-state index contributed by atoms with van der Waals surface area (Å²) in [7, 11) is 0. The summed E-state index contributed by atoms with van der Waals surface area (Å²) in [5.74, 6) is -0.123. The maximum Gasteiger partial charge on any atom is 0.408 e. The van der Waals surface area contributed by atoms with E-state index in [1.807, 2.05) is 13.8 Å². The Morgan fingerprint density at radius 3 is 2.32 bits per heavy atom. The van der Waals surface area contributed by atoms with E-state index in [0.717, 1.165) is 0 Å². The first kappa shape index (κ1) is 20.6. The molecular weight excluding hydrogens is 326 g/mol. The maximum absolute atomic E-state index is 11.9. The van der Waals surface area contributed by atoms with Crippen molar-refractivity contribution in [3.05, 3.63) is 23.8 Å². The number of aliphatic carboxylic acids is 1. The number of nitrogens with one attached hydrogen (secondary N) is 1. The maximum atomic E-state index is 11.9. The molecule has 0 spiro atoms. The number of hydrogen-bond donors (Lipinski definition) is 2. The molecule has 0 bridgehead atoms. The second-order valence-electron chi connectivity index (χ2n) is 6.35. The van der Waals surface area contributed by atoms with Gasteiger partial charge in [0, 0.05) is 12.0 Å². The van der Waals surface area contributed by atoms with Crippen LogP contribution in [0.25, 0.3) is 0 Å². The van der Waals surface area contributed by atoms with Gasteiger partial charge in [0.25, 0.3) is 0 Å². The van der Waals surface area contributed by atoms with Crippen LogP contribution in [0.2, 0.25) is 0 Å². The molecule has 0 saturated carbocycles. The van der Waals surface area contributed by atoms with E-state index in [9.17, 15) is 14.7 Å². The van der Waals surface area contributed by atoms with Crippen LogP contribution in [-0.4, -0.2) is 42.0 Å². The molecule has 1 unspecified atom stereocenters. The van der Waals surface area contributed by atoms with Gasteiger partial charge >= 0.3 is 12.1 Å². The zero-order valence-electron chi connectivity index (χ0n) is 15.4. The molecule has 140 valence electrons. The highest BCUT2D eigenvalue weighted by atomic mass is 16.6. The molecule has 1 rings (SSSR count). The fourth-order valence-electron chi connectivity index (χ4n) is 2.17. The third-order valence-electron chi connectivity index (χ3n) is 3.06. The SMILES string of the molecule is CCOc1cccc(CC(NC(=O)OC(C)(C)C)C(=O)O)c1OCC. The monoisotopic (exact) mass is 353 g/mol. The van der Waals surface area contributed by atoms with Gasteiger partial charge in [-0.15, -0.1) is 0 Å². The highest BCUT2D eigenvalue weighted by molar-refractivity contribution is 5.80. The largest absolute Gasteiger partial charge is 0.490 e. The van der Waals surface area contributed by atoms with Crippen LogP contribution in [-0.2, 0) is 16.0 Å². The van der Waals surface area contributed by atoms with Crippen LogP contribution in [0.3, 0.4) is 0 Å². The van der Waals surface area contributed by atoms with Crippen LogP contribution in [0, 0.1) is 0 Å². The smallest absolute Gasteiger partial charge is 0.408 e. The van der Waals surface area contributed by atoms with Gasteiger partial charge in [0.1, 0.15) is 11.6 Å². The number of carboxylic acids is 1. The minimum Gasteiger partial charge on any atom is -0.490 e. The molecule has 1 atom stereocenters. The molecule has 0 radical (unpaired) electrons. The van der Waals surface area contributed by atoms with Gasteiger partial charge in [-0.2, -0.15) is 0 Å². The summed E-state index contributed by atoms with van der Waals surface area (Å²) in [6.07, 6.45) is -0.732. The number of carboxylic acid groups (broad SMARTS) is 1. The molecule has 1 aromatic rings. The molecule has 2 N–H and O–H groups in total. The van der Waals surface area contributed by atoms with Gasteiger partial charge in [0.05, 0.1) is 13.2 Å². The van der Waals surface area contributed by atoms with Gasteiger partial charge in [-0.25, -0.2) is 9.59 Å². The van der Waals surface area contributed by atoms with Crippen molar-refractivity contribution in [1.82, 2.24) is 5.32 Å². The van der Waals surface area contributed by atoms with Crippen molar-refractivity contribution >= 4 is 12.1 Å². The molecule has 0 heterocycles. The van der Waals surface area contributed by atoms with Gasteiger partial charge in [-0.3, -0.25) is 0 Å². The van der Waals surface area contributed by atoms with E-state index in [-0.39, 0.29) is 6.42 Å². The summed E-state index contributed by atoms with van der Waals surface area (Å²) in [6.45, 7) is 9.69. The zero-order chi connectivity index (χ0) is 19.0. The van der Waals surface area contributed by atoms with E-state index in [1.165, 1.54) is 0 Å². The molecule has 0 aromatic heterocycles. The fraction of sp³-hybridized carbons (Fsp3) is 0.556. The molecule has 7 nitrogen and oxygen atoms in total. The van der Waals surface area contributed by atoms with Crippen LogP contribution < -0.4 is 14.8 Å². The summed E-state index contributed by atoms with van der Waals surface area (Å²) in [4.78, 5) is 23.4. The minimum absolute atomic E-state index is 0.0465. The van der Waals surface area contributed by atoms with Gasteiger partial charge < -0.3 is 24.6 Å². The van der Waals surface area contributed by atoms with Crippen molar-refractivity contribution in [2.75, 3.05) is 13.2 Å². The number of hydrogen-bond acceptors (Lipinski definition) is 5. The number of carbonyl (C=O) groups is 2. The lowest BCUT2D eigenvalue weighted by molar-refractivity contribution is -0.139. The molecule has 0 aliphatic rings. The summed E-state index contributed by atoms with van der Waals surface area (Å²) in [5.41, 5.74) is -0.0744. The van der Waals surface area contributed by atoms with Gasteiger partial charge in [0.2, 0.25) is 0 Å². The summed E-state index contributed by atoms with van der Waals surface area (Å²) < 4.78 is 16.3. The molecule has 1 aromatic carbocycles. The number of rotatable bonds is 8. The first-order chi connectivity index (χ1) is 11.7. The van der Waals surface area contributed by atoms with E-state index in [1.54, 1.807) is 39.0 Å². The molecule has 0 aliphatic carbocycles. The molecular formula is C18H27NO6. The Hall–Kier alpha value is -2.44. The molecule has 0 fully saturated rings. The molecule has 7 heteroatoms. The van der Waals surface area contributed by atoms with Gasteiger partial charge in [-0.05, 0) is 40.7 Å². The number of ether oxygens (including phenoxy) is 3. The summed E-state index contributed by atoms with van der Waals surface area (Å²) in [5, 5.41) is 11.8. The normalized spacial score (nSPS) is 12.2. The van der Waals surface area contributed by atoms with Crippen molar-refractivity contribution in [1.29, 1.82) is 0 Å². The predicted molar refractivity (Wildman–Crippen MR) is 93.3 cm³/mol. The lowest BCUT2D eigenvalue weighted by Gasteiger charge is -2.22. The molecule has 0 saturated heterocycles. The van der Waals surface area contributed by atoms with Crippen LogP contribution in [0.1, 0.15) is 40.2 Å². The average molecular weight is 353 g/mol. The molecule has 0 aliphatic heterocycles. The van der Waals surface area contributed by atoms with Gasteiger partial charge in [0.15, 0.2) is 11.5 Å². The Labute approximate surface area is 148 Å². The van der Waals surface area contributed by atoms with E-state index in [2.05, 4.69) is 5.32 Å². The Bertz CT molecular complexity index is 594. The lowest BCUT2D eigenvalue weighted by Crippen LogP contribution is -2.44. The van der Waals surface area contributed by atoms with Crippen LogP contribution in [0.5, 0.6) is 11.5 Å². The Morgan fingerprint density at radius 1 is 1.16 bits per heavy atom. The van der Waals surface area contributed by atoms with E-state index in [0.29, 0.717) is 30.3 Å². The second kappa shape index (κ2) is 9.15. The van der Waals surface area contributed by atoms with Gasteiger partial charge in [-0.1, -0.05) is 12.1 Å². The minimum atomic E-state index is -1.16. The topological polar surface area (TPSA) is 94.1 Å². The average Bonchev–Trinajstić information content (AvgIpc) is 2.48.